The second-order valence-corrected chi connectivity index (χ2v) is 5.26. The first-order valence-electron chi connectivity index (χ1n) is 5.14. The molecule has 0 aliphatic rings. The highest BCUT2D eigenvalue weighted by atomic mass is 31.1. The highest BCUT2D eigenvalue weighted by Gasteiger charge is 2.09. The second-order valence-electron chi connectivity index (χ2n) is 3.86. The van der Waals surface area contributed by atoms with E-state index in [1.54, 1.807) is 10.6 Å². The average molecular weight is 228 g/mol. The maximum Gasteiger partial charge on any atom is 0.135 e. The van der Waals surface area contributed by atoms with Crippen molar-refractivity contribution < 1.29 is 0 Å². The molecule has 0 saturated heterocycles. The summed E-state index contributed by atoms with van der Waals surface area (Å²) in [6.45, 7) is 4.31. The van der Waals surface area contributed by atoms with E-state index in [1.165, 1.54) is 11.1 Å². The zero-order chi connectivity index (χ0) is 11.5. The molecular formula is C14H18BP. The van der Waals surface area contributed by atoms with Gasteiger partial charge in [-0.3, -0.25) is 0 Å². The Bertz CT molecular complexity index is 414. The zero-order valence-corrected chi connectivity index (χ0v) is 10.1. The molecule has 0 radical (unpaired) electrons. The van der Waals surface area contributed by atoms with E-state index >= 15 is 0 Å². The third kappa shape index (κ3) is 2.54. The first kappa shape index (κ1) is 11.4. The fourth-order valence-corrected chi connectivity index (χ4v) is 2.44. The molecule has 0 N–H and O–H groups in total. The monoisotopic (exact) mass is 228 g/mol. The minimum Gasteiger partial charge on any atom is -0.105 e. The van der Waals surface area contributed by atoms with Gasteiger partial charge in [0.05, 0.1) is 10.6 Å². The quantitative estimate of drug-likeness (QED) is 0.542. The summed E-state index contributed by atoms with van der Waals surface area (Å²) in [4.78, 5) is 0. The Morgan fingerprint density at radius 2 is 1.00 bits per heavy atom. The molecule has 82 valence electrons. The zero-order valence-electron chi connectivity index (χ0n) is 9.12. The minimum atomic E-state index is -0.328. The molecule has 0 spiro atoms. The van der Waals surface area contributed by atoms with E-state index in [9.17, 15) is 0 Å². The molecule has 2 rings (SSSR count). The summed E-state index contributed by atoms with van der Waals surface area (Å²) in [7, 11) is 0.0547. The van der Waals surface area contributed by atoms with Gasteiger partial charge in [0.2, 0.25) is 0 Å². The predicted molar refractivity (Wildman–Crippen MR) is 79.9 cm³/mol. The van der Waals surface area contributed by atoms with E-state index in [1.807, 2.05) is 0 Å². The molecule has 2 aromatic rings. The lowest BCUT2D eigenvalue weighted by Gasteiger charge is -2.11. The van der Waals surface area contributed by atoms with Crippen molar-refractivity contribution in [3.05, 3.63) is 59.7 Å². The first-order chi connectivity index (χ1) is 7.66. The van der Waals surface area contributed by atoms with E-state index in [0.717, 1.165) is 0 Å². The SMILES string of the molecule is [BH3-][PH+](c1ccc(C)cc1)c1ccc(C)cc1. The van der Waals surface area contributed by atoms with Gasteiger partial charge in [0.15, 0.2) is 0 Å². The maximum absolute atomic E-state index is 2.33. The molecule has 0 bridgehead atoms. The van der Waals surface area contributed by atoms with Crippen molar-refractivity contribution >= 4 is 26.0 Å². The van der Waals surface area contributed by atoms with Crippen LogP contribution in [0.1, 0.15) is 11.1 Å². The normalized spacial score (nSPS) is 10.8. The molecule has 2 aromatic carbocycles. The summed E-state index contributed by atoms with van der Waals surface area (Å²) >= 11 is 0. The molecule has 0 unspecified atom stereocenters. The van der Waals surface area contributed by atoms with E-state index in [2.05, 4.69) is 62.4 Å². The van der Waals surface area contributed by atoms with Crippen LogP contribution in [0.3, 0.4) is 0 Å². The van der Waals surface area contributed by atoms with Crippen LogP contribution in [0.4, 0.5) is 0 Å². The molecule has 0 aliphatic carbocycles. The third-order valence-corrected chi connectivity index (χ3v) is 3.64. The molecule has 0 fully saturated rings. The smallest absolute Gasteiger partial charge is 0.105 e. The van der Waals surface area contributed by atoms with Crippen molar-refractivity contribution in [1.29, 1.82) is 0 Å². The highest BCUT2D eigenvalue weighted by Crippen LogP contribution is 2.27. The Morgan fingerprint density at radius 3 is 1.31 bits per heavy atom. The summed E-state index contributed by atoms with van der Waals surface area (Å²) < 4.78 is 0. The third-order valence-electron chi connectivity index (χ3n) is 2.39. The fourth-order valence-electron chi connectivity index (χ4n) is 1.44. The first-order valence-corrected chi connectivity index (χ1v) is 6.14. The number of hydrogen-bond acceptors (Lipinski definition) is 0. The summed E-state index contributed by atoms with van der Waals surface area (Å²) in [5.41, 5.74) is 2.73. The van der Waals surface area contributed by atoms with Crippen LogP contribution in [0.15, 0.2) is 48.5 Å². The Labute approximate surface area is 99.8 Å². The maximum atomic E-state index is 2.33. The Kier molecular flexibility index (Phi) is 3.46. The lowest BCUT2D eigenvalue weighted by Crippen LogP contribution is -2.11. The van der Waals surface area contributed by atoms with Gasteiger partial charge in [0.25, 0.3) is 0 Å². The predicted octanol–water partition coefficient (Wildman–Crippen LogP) is 1.75. The van der Waals surface area contributed by atoms with E-state index < -0.39 is 0 Å². The lowest BCUT2D eigenvalue weighted by atomic mass is 10.2. The van der Waals surface area contributed by atoms with E-state index in [4.69, 9.17) is 0 Å². The molecular weight excluding hydrogens is 210 g/mol. The largest absolute Gasteiger partial charge is 0.135 e. The van der Waals surface area contributed by atoms with Crippen molar-refractivity contribution in [3.8, 4) is 0 Å². The van der Waals surface area contributed by atoms with Crippen molar-refractivity contribution in [1.82, 2.24) is 0 Å². The summed E-state index contributed by atoms with van der Waals surface area (Å²) in [6, 6.07) is 18.3. The number of aryl methyl sites for hydroxylation is 2. The van der Waals surface area contributed by atoms with Crippen LogP contribution in [-0.4, -0.2) is 7.57 Å². The molecule has 0 heterocycles. The van der Waals surface area contributed by atoms with Crippen molar-refractivity contribution in [2.45, 2.75) is 13.8 Å². The summed E-state index contributed by atoms with van der Waals surface area (Å²) in [5.74, 6) is 0. The van der Waals surface area contributed by atoms with Crippen LogP contribution >= 0.6 is 7.80 Å². The van der Waals surface area contributed by atoms with Crippen LogP contribution in [-0.2, 0) is 0 Å². The van der Waals surface area contributed by atoms with Gasteiger partial charge in [-0.05, 0) is 38.1 Å². The molecule has 0 aromatic heterocycles. The van der Waals surface area contributed by atoms with Gasteiger partial charge in [0.1, 0.15) is 7.57 Å². The van der Waals surface area contributed by atoms with Crippen molar-refractivity contribution in [2.75, 3.05) is 0 Å². The van der Waals surface area contributed by atoms with Gasteiger partial charge in [-0.1, -0.05) is 35.4 Å². The number of rotatable bonds is 2. The van der Waals surface area contributed by atoms with Crippen LogP contribution in [0.25, 0.3) is 0 Å². The van der Waals surface area contributed by atoms with Crippen LogP contribution in [0, 0.1) is 13.8 Å². The van der Waals surface area contributed by atoms with Crippen molar-refractivity contribution in [2.24, 2.45) is 0 Å². The molecule has 0 aliphatic heterocycles. The van der Waals surface area contributed by atoms with Gasteiger partial charge >= 0.3 is 0 Å². The standard InChI is InChI=1S/C14H18BP/c1-11-3-7-13(8-4-11)16(15)14-9-5-12(2)6-10-14/h3-10,16H,1-2,15H3. The molecule has 16 heavy (non-hydrogen) atoms. The fraction of sp³-hybridized carbons (Fsp3) is 0.143. The van der Waals surface area contributed by atoms with Crippen molar-refractivity contribution in [3.63, 3.8) is 0 Å². The molecule has 0 amide bonds. The van der Waals surface area contributed by atoms with E-state index in [-0.39, 0.29) is 7.80 Å². The van der Waals surface area contributed by atoms with Gasteiger partial charge in [-0.15, -0.1) is 7.80 Å². The Morgan fingerprint density at radius 1 is 0.688 bits per heavy atom. The molecule has 0 nitrogen and oxygen atoms in total. The molecule has 0 atom stereocenters. The van der Waals surface area contributed by atoms with Crippen LogP contribution in [0.2, 0.25) is 0 Å². The Hall–Kier alpha value is -1.07. The number of benzene rings is 2. The van der Waals surface area contributed by atoms with Crippen LogP contribution in [0.5, 0.6) is 0 Å². The van der Waals surface area contributed by atoms with Gasteiger partial charge in [-0.2, -0.15) is 0 Å². The van der Waals surface area contributed by atoms with Gasteiger partial charge in [-0.25, -0.2) is 0 Å². The summed E-state index contributed by atoms with van der Waals surface area (Å²) in [5, 5.41) is 3.19. The second kappa shape index (κ2) is 4.85. The van der Waals surface area contributed by atoms with Gasteiger partial charge < -0.3 is 0 Å². The molecule has 2 heteroatoms. The molecule has 0 saturated carbocycles. The lowest BCUT2D eigenvalue weighted by molar-refractivity contribution is 1.49. The van der Waals surface area contributed by atoms with Crippen LogP contribution < -0.4 is 10.6 Å². The summed E-state index contributed by atoms with van der Waals surface area (Å²) in [6.07, 6.45) is 0. The Balaban J connectivity index is 2.28. The average Bonchev–Trinajstić information content (AvgIpc) is 2.30. The van der Waals surface area contributed by atoms with E-state index in [0.29, 0.717) is 7.57 Å². The number of hydrogen-bond donors (Lipinski definition) is 0. The minimum absolute atomic E-state index is 0.328. The highest BCUT2D eigenvalue weighted by molar-refractivity contribution is 7.94. The topological polar surface area (TPSA) is 0 Å². The van der Waals surface area contributed by atoms with Gasteiger partial charge in [0, 0.05) is 0 Å².